The largest absolute Gasteiger partial charge is 0.309 e. The minimum Gasteiger partial charge on any atom is -0.309 e. The van der Waals surface area contributed by atoms with Gasteiger partial charge in [0.2, 0.25) is 16.7 Å². The number of benzene rings is 1. The van der Waals surface area contributed by atoms with E-state index in [9.17, 15) is 14.4 Å². The molecule has 2 heterocycles. The van der Waals surface area contributed by atoms with Crippen LogP contribution in [0.25, 0.3) is 0 Å². The highest BCUT2D eigenvalue weighted by molar-refractivity contribution is 8.15. The minimum atomic E-state index is -1.29. The number of thioether (sulfide) groups is 1. The number of nitrogens with one attached hydrogen (secondary N) is 1. The Morgan fingerprint density at radius 2 is 2.00 bits per heavy atom. The van der Waals surface area contributed by atoms with Gasteiger partial charge in [-0.3, -0.25) is 14.4 Å². The second-order valence-electron chi connectivity index (χ2n) is 6.33. The smallest absolute Gasteiger partial charge is 0.270 e. The van der Waals surface area contributed by atoms with Crippen LogP contribution in [-0.4, -0.2) is 34.4 Å². The van der Waals surface area contributed by atoms with Crippen molar-refractivity contribution in [1.29, 1.82) is 0 Å². The van der Waals surface area contributed by atoms with Crippen LogP contribution in [0.5, 0.6) is 0 Å². The maximum absolute atomic E-state index is 13.4. The number of hydrogen-bond donors (Lipinski definition) is 1. The maximum atomic E-state index is 13.4. The molecule has 138 valence electrons. The molecular formula is C18H22N4O3S. The molecule has 8 heteroatoms. The van der Waals surface area contributed by atoms with Gasteiger partial charge in [-0.05, 0) is 42.3 Å². The number of aryl methyl sites for hydroxylation is 1. The number of hydrogen-bond acceptors (Lipinski definition) is 5. The number of carbonyl (C=O) groups is 3. The normalized spacial score (nSPS) is 21.2. The first-order valence-corrected chi connectivity index (χ1v) is 9.48. The Morgan fingerprint density at radius 3 is 2.58 bits per heavy atom. The van der Waals surface area contributed by atoms with Gasteiger partial charge in [0.15, 0.2) is 5.17 Å². The van der Waals surface area contributed by atoms with Crippen LogP contribution < -0.4 is 10.2 Å². The predicted octanol–water partition coefficient (Wildman–Crippen LogP) is 2.16. The summed E-state index contributed by atoms with van der Waals surface area (Å²) in [4.78, 5) is 37.7. The Morgan fingerprint density at radius 1 is 1.27 bits per heavy atom. The molecule has 1 spiro atoms. The van der Waals surface area contributed by atoms with Crippen molar-refractivity contribution in [3.05, 3.63) is 29.3 Å². The lowest BCUT2D eigenvalue weighted by Crippen LogP contribution is -2.48. The number of hydrazone groups is 1. The Kier molecular flexibility index (Phi) is 4.79. The van der Waals surface area contributed by atoms with E-state index in [0.717, 1.165) is 41.4 Å². The van der Waals surface area contributed by atoms with Crippen molar-refractivity contribution in [2.75, 3.05) is 11.4 Å². The second kappa shape index (κ2) is 6.75. The van der Waals surface area contributed by atoms with E-state index in [0.29, 0.717) is 6.54 Å². The van der Waals surface area contributed by atoms with Crippen LogP contribution >= 0.6 is 11.8 Å². The van der Waals surface area contributed by atoms with Gasteiger partial charge in [0, 0.05) is 26.0 Å². The molecule has 3 rings (SSSR count). The zero-order valence-corrected chi connectivity index (χ0v) is 16.1. The van der Waals surface area contributed by atoms with E-state index < -0.39 is 4.87 Å². The summed E-state index contributed by atoms with van der Waals surface area (Å²) in [6.07, 6.45) is 1.61. The van der Waals surface area contributed by atoms with Crippen molar-refractivity contribution in [2.24, 2.45) is 5.10 Å². The van der Waals surface area contributed by atoms with E-state index in [2.05, 4.69) is 10.4 Å². The molecular weight excluding hydrogens is 352 g/mol. The van der Waals surface area contributed by atoms with E-state index in [-0.39, 0.29) is 22.9 Å². The lowest BCUT2D eigenvalue weighted by atomic mass is 10.0. The Labute approximate surface area is 156 Å². The topological polar surface area (TPSA) is 82.1 Å². The molecule has 1 unspecified atom stereocenters. The van der Waals surface area contributed by atoms with Crippen LogP contribution in [0.1, 0.15) is 45.2 Å². The zero-order valence-electron chi connectivity index (χ0n) is 15.3. The highest BCUT2D eigenvalue weighted by Crippen LogP contribution is 2.54. The quantitative estimate of drug-likeness (QED) is 0.879. The molecule has 3 amide bonds. The lowest BCUT2D eigenvalue weighted by molar-refractivity contribution is -0.139. The van der Waals surface area contributed by atoms with Crippen LogP contribution in [0.3, 0.4) is 0 Å². The SMILES string of the molecule is CCCN1C(=O)C2(SC(NC(C)=O)=NN2C(C)=O)c2cc(CC)ccc21. The van der Waals surface area contributed by atoms with Gasteiger partial charge in [0.05, 0.1) is 5.69 Å². The fraction of sp³-hybridized carbons (Fsp3) is 0.444. The molecule has 7 nitrogen and oxygen atoms in total. The molecule has 1 aromatic rings. The Balaban J connectivity index is 2.18. The van der Waals surface area contributed by atoms with Crippen molar-refractivity contribution in [3.63, 3.8) is 0 Å². The summed E-state index contributed by atoms with van der Waals surface area (Å²) in [5, 5.41) is 8.32. The van der Waals surface area contributed by atoms with Crippen LogP contribution in [0.15, 0.2) is 23.3 Å². The third-order valence-electron chi connectivity index (χ3n) is 4.42. The number of carbonyl (C=O) groups excluding carboxylic acids is 3. The summed E-state index contributed by atoms with van der Waals surface area (Å²) in [7, 11) is 0. The fourth-order valence-electron chi connectivity index (χ4n) is 3.32. The number of amides is 3. The molecule has 2 aliphatic heterocycles. The molecule has 26 heavy (non-hydrogen) atoms. The molecule has 0 saturated heterocycles. The third kappa shape index (κ3) is 2.68. The minimum absolute atomic E-state index is 0.202. The first-order chi connectivity index (χ1) is 12.3. The van der Waals surface area contributed by atoms with E-state index >= 15 is 0 Å². The maximum Gasteiger partial charge on any atom is 0.270 e. The number of nitrogens with zero attached hydrogens (tertiary/aromatic N) is 3. The average Bonchev–Trinajstić information content (AvgIpc) is 3.07. The summed E-state index contributed by atoms with van der Waals surface area (Å²) in [6, 6.07) is 5.91. The van der Waals surface area contributed by atoms with E-state index in [1.807, 2.05) is 32.0 Å². The molecule has 2 aliphatic rings. The standard InChI is InChI=1S/C18H22N4O3S/c1-5-9-21-15-8-7-13(6-2)10-14(15)18(16(21)25)22(12(4)24)20-17(26-18)19-11(3)23/h7-8,10H,5-6,9H2,1-4H3,(H,19,20,23). The van der Waals surface area contributed by atoms with Crippen LogP contribution in [0.2, 0.25) is 0 Å². The van der Waals surface area contributed by atoms with E-state index in [1.54, 1.807) is 4.90 Å². The molecule has 0 aliphatic carbocycles. The van der Waals surface area contributed by atoms with Crippen LogP contribution in [0.4, 0.5) is 5.69 Å². The molecule has 1 N–H and O–H groups in total. The van der Waals surface area contributed by atoms with Gasteiger partial charge in [-0.25, -0.2) is 0 Å². The van der Waals surface area contributed by atoms with Crippen molar-refractivity contribution < 1.29 is 14.4 Å². The predicted molar refractivity (Wildman–Crippen MR) is 102 cm³/mol. The summed E-state index contributed by atoms with van der Waals surface area (Å²) in [5.41, 5.74) is 2.62. The van der Waals surface area contributed by atoms with Gasteiger partial charge in [-0.1, -0.05) is 19.9 Å². The zero-order chi connectivity index (χ0) is 19.1. The number of rotatable bonds is 3. The lowest BCUT2D eigenvalue weighted by Gasteiger charge is -2.29. The Hall–Kier alpha value is -2.35. The van der Waals surface area contributed by atoms with Crippen molar-refractivity contribution >= 4 is 40.3 Å². The summed E-state index contributed by atoms with van der Waals surface area (Å²) < 4.78 is 0. The molecule has 0 radical (unpaired) electrons. The average molecular weight is 374 g/mol. The molecule has 1 aromatic carbocycles. The van der Waals surface area contributed by atoms with Gasteiger partial charge < -0.3 is 10.2 Å². The first kappa shape index (κ1) is 18.4. The summed E-state index contributed by atoms with van der Waals surface area (Å²) in [6.45, 7) is 7.35. The monoisotopic (exact) mass is 374 g/mol. The van der Waals surface area contributed by atoms with Gasteiger partial charge in [-0.15, -0.1) is 5.10 Å². The van der Waals surface area contributed by atoms with Gasteiger partial charge in [-0.2, -0.15) is 5.01 Å². The van der Waals surface area contributed by atoms with Gasteiger partial charge >= 0.3 is 0 Å². The molecule has 0 fully saturated rings. The molecule has 1 atom stereocenters. The Bertz CT molecular complexity index is 823. The number of amidine groups is 1. The second-order valence-corrected chi connectivity index (χ2v) is 7.51. The highest BCUT2D eigenvalue weighted by Gasteiger charge is 2.61. The van der Waals surface area contributed by atoms with E-state index in [4.69, 9.17) is 0 Å². The third-order valence-corrected chi connectivity index (χ3v) is 5.66. The van der Waals surface area contributed by atoms with Gasteiger partial charge in [0.25, 0.3) is 5.91 Å². The van der Waals surface area contributed by atoms with Crippen LogP contribution in [-0.2, 0) is 25.7 Å². The highest BCUT2D eigenvalue weighted by atomic mass is 32.2. The molecule has 0 bridgehead atoms. The summed E-state index contributed by atoms with van der Waals surface area (Å²) >= 11 is 1.12. The number of anilines is 1. The van der Waals surface area contributed by atoms with Gasteiger partial charge in [0.1, 0.15) is 0 Å². The summed E-state index contributed by atoms with van der Waals surface area (Å²) in [5.74, 6) is -0.848. The van der Waals surface area contributed by atoms with E-state index in [1.165, 1.54) is 18.9 Å². The van der Waals surface area contributed by atoms with Crippen LogP contribution in [0, 0.1) is 0 Å². The molecule has 0 aromatic heterocycles. The van der Waals surface area contributed by atoms with Crippen molar-refractivity contribution in [1.82, 2.24) is 10.3 Å². The fourth-order valence-corrected chi connectivity index (χ4v) is 4.65. The first-order valence-electron chi connectivity index (χ1n) is 8.66. The van der Waals surface area contributed by atoms with Crippen molar-refractivity contribution in [3.8, 4) is 0 Å². The van der Waals surface area contributed by atoms with Crippen molar-refractivity contribution in [2.45, 2.75) is 45.4 Å². The molecule has 0 saturated carbocycles. The number of fused-ring (bicyclic) bond motifs is 2.